The van der Waals surface area contributed by atoms with Crippen molar-refractivity contribution in [3.05, 3.63) is 29.7 Å². The van der Waals surface area contributed by atoms with Crippen molar-refractivity contribution in [3.63, 3.8) is 0 Å². The monoisotopic (exact) mass is 223 g/mol. The summed E-state index contributed by atoms with van der Waals surface area (Å²) < 4.78 is 9.79. The summed E-state index contributed by atoms with van der Waals surface area (Å²) in [5, 5.41) is 3.24. The molecule has 0 radical (unpaired) electrons. The van der Waals surface area contributed by atoms with E-state index in [9.17, 15) is 4.79 Å². The summed E-state index contributed by atoms with van der Waals surface area (Å²) in [4.78, 5) is 11.1. The Morgan fingerprint density at radius 2 is 2.31 bits per heavy atom. The standard InChI is InChI=1S/C12H17NO3/c1-9(2)13-8-4-5-10-6-7-11(16-10)12(14)15-3/h4-7,9,13H,8H2,1-3H3. The third-order valence-electron chi connectivity index (χ3n) is 1.94. The average molecular weight is 223 g/mol. The van der Waals surface area contributed by atoms with Gasteiger partial charge in [0.2, 0.25) is 5.76 Å². The first-order valence-corrected chi connectivity index (χ1v) is 5.21. The van der Waals surface area contributed by atoms with Gasteiger partial charge in [0.25, 0.3) is 0 Å². The number of hydrogen-bond donors (Lipinski definition) is 1. The molecule has 0 atom stereocenters. The minimum Gasteiger partial charge on any atom is -0.463 e. The second kappa shape index (κ2) is 6.12. The summed E-state index contributed by atoms with van der Waals surface area (Å²) in [6.07, 6.45) is 3.77. The molecular formula is C12H17NO3. The van der Waals surface area contributed by atoms with Gasteiger partial charge in [-0.1, -0.05) is 19.9 Å². The summed E-state index contributed by atoms with van der Waals surface area (Å²) in [7, 11) is 1.33. The zero-order valence-electron chi connectivity index (χ0n) is 9.82. The van der Waals surface area contributed by atoms with Gasteiger partial charge in [-0.15, -0.1) is 0 Å². The van der Waals surface area contributed by atoms with Crippen LogP contribution in [0.1, 0.15) is 30.2 Å². The highest BCUT2D eigenvalue weighted by atomic mass is 16.5. The molecule has 0 aliphatic carbocycles. The van der Waals surface area contributed by atoms with E-state index in [1.165, 1.54) is 7.11 Å². The number of hydrogen-bond acceptors (Lipinski definition) is 4. The summed E-state index contributed by atoms with van der Waals surface area (Å²) >= 11 is 0. The van der Waals surface area contributed by atoms with Crippen LogP contribution in [0.15, 0.2) is 22.6 Å². The van der Waals surface area contributed by atoms with Crippen LogP contribution in [-0.4, -0.2) is 25.7 Å². The second-order valence-corrected chi connectivity index (χ2v) is 3.66. The Kier molecular flexibility index (Phi) is 4.79. The smallest absolute Gasteiger partial charge is 0.373 e. The predicted octanol–water partition coefficient (Wildman–Crippen LogP) is 2.08. The number of carbonyl (C=O) groups is 1. The van der Waals surface area contributed by atoms with E-state index in [2.05, 4.69) is 23.9 Å². The van der Waals surface area contributed by atoms with Gasteiger partial charge in [0.15, 0.2) is 0 Å². The molecule has 0 bridgehead atoms. The summed E-state index contributed by atoms with van der Waals surface area (Å²) in [6.45, 7) is 4.93. The maximum absolute atomic E-state index is 11.1. The SMILES string of the molecule is COC(=O)c1ccc(C=CCNC(C)C)o1. The predicted molar refractivity (Wildman–Crippen MR) is 62.2 cm³/mol. The fraction of sp³-hybridized carbons (Fsp3) is 0.417. The molecule has 0 spiro atoms. The topological polar surface area (TPSA) is 51.5 Å². The maximum Gasteiger partial charge on any atom is 0.373 e. The van der Waals surface area contributed by atoms with E-state index >= 15 is 0 Å². The lowest BCUT2D eigenvalue weighted by atomic mass is 10.3. The Morgan fingerprint density at radius 3 is 2.94 bits per heavy atom. The molecule has 0 saturated heterocycles. The first-order chi connectivity index (χ1) is 7.63. The first kappa shape index (κ1) is 12.5. The van der Waals surface area contributed by atoms with Crippen LogP contribution in [-0.2, 0) is 4.74 Å². The van der Waals surface area contributed by atoms with Gasteiger partial charge < -0.3 is 14.5 Å². The van der Waals surface area contributed by atoms with Crippen molar-refractivity contribution in [1.29, 1.82) is 0 Å². The van der Waals surface area contributed by atoms with Gasteiger partial charge in [-0.05, 0) is 18.2 Å². The van der Waals surface area contributed by atoms with Gasteiger partial charge in [-0.3, -0.25) is 0 Å². The lowest BCUT2D eigenvalue weighted by Crippen LogP contribution is -2.22. The van der Waals surface area contributed by atoms with Gasteiger partial charge in [-0.2, -0.15) is 0 Å². The zero-order valence-corrected chi connectivity index (χ0v) is 9.82. The minimum absolute atomic E-state index is 0.221. The summed E-state index contributed by atoms with van der Waals surface area (Å²) in [6, 6.07) is 3.78. The molecule has 88 valence electrons. The van der Waals surface area contributed by atoms with Crippen molar-refractivity contribution in [3.8, 4) is 0 Å². The molecule has 0 aliphatic rings. The Bertz CT molecular complexity index is 366. The molecule has 0 amide bonds. The van der Waals surface area contributed by atoms with Crippen LogP contribution in [0.2, 0.25) is 0 Å². The Balaban J connectivity index is 2.49. The van der Waals surface area contributed by atoms with E-state index in [4.69, 9.17) is 4.42 Å². The molecule has 0 unspecified atom stereocenters. The number of carbonyl (C=O) groups excluding carboxylic acids is 1. The highest BCUT2D eigenvalue weighted by Crippen LogP contribution is 2.10. The van der Waals surface area contributed by atoms with E-state index in [-0.39, 0.29) is 5.76 Å². The summed E-state index contributed by atoms with van der Waals surface area (Å²) in [5.74, 6) is 0.407. The number of methoxy groups -OCH3 is 1. The third kappa shape index (κ3) is 3.90. The number of ether oxygens (including phenoxy) is 1. The highest BCUT2D eigenvalue weighted by Gasteiger charge is 2.09. The third-order valence-corrected chi connectivity index (χ3v) is 1.94. The average Bonchev–Trinajstić information content (AvgIpc) is 2.71. The fourth-order valence-electron chi connectivity index (χ4n) is 1.13. The van der Waals surface area contributed by atoms with Crippen LogP contribution >= 0.6 is 0 Å². The maximum atomic E-state index is 11.1. The van der Waals surface area contributed by atoms with Gasteiger partial charge in [0.05, 0.1) is 7.11 Å². The van der Waals surface area contributed by atoms with Gasteiger partial charge in [0.1, 0.15) is 5.76 Å². The van der Waals surface area contributed by atoms with Crippen molar-refractivity contribution >= 4 is 12.0 Å². The number of nitrogens with one attached hydrogen (secondary N) is 1. The van der Waals surface area contributed by atoms with Crippen molar-refractivity contribution < 1.29 is 13.9 Å². The molecule has 1 aromatic heterocycles. The molecule has 1 rings (SSSR count). The molecule has 0 fully saturated rings. The molecule has 4 nitrogen and oxygen atoms in total. The fourth-order valence-corrected chi connectivity index (χ4v) is 1.13. The van der Waals surface area contributed by atoms with Crippen molar-refractivity contribution in [2.75, 3.05) is 13.7 Å². The van der Waals surface area contributed by atoms with Gasteiger partial charge >= 0.3 is 5.97 Å². The first-order valence-electron chi connectivity index (χ1n) is 5.21. The van der Waals surface area contributed by atoms with Crippen molar-refractivity contribution in [2.45, 2.75) is 19.9 Å². The van der Waals surface area contributed by atoms with Gasteiger partial charge in [0, 0.05) is 12.6 Å². The molecular weight excluding hydrogens is 206 g/mol. The lowest BCUT2D eigenvalue weighted by molar-refractivity contribution is 0.0564. The van der Waals surface area contributed by atoms with Crippen LogP contribution in [0, 0.1) is 0 Å². The molecule has 0 aromatic carbocycles. The van der Waals surface area contributed by atoms with E-state index in [0.717, 1.165) is 6.54 Å². The summed E-state index contributed by atoms with van der Waals surface area (Å²) in [5.41, 5.74) is 0. The second-order valence-electron chi connectivity index (χ2n) is 3.66. The molecule has 0 saturated carbocycles. The largest absolute Gasteiger partial charge is 0.463 e. The molecule has 0 aliphatic heterocycles. The van der Waals surface area contributed by atoms with Crippen molar-refractivity contribution in [2.24, 2.45) is 0 Å². The normalized spacial score (nSPS) is 11.2. The van der Waals surface area contributed by atoms with Crippen LogP contribution in [0.25, 0.3) is 6.08 Å². The molecule has 1 aromatic rings. The number of rotatable bonds is 5. The molecule has 1 heterocycles. The minimum atomic E-state index is -0.458. The van der Waals surface area contributed by atoms with E-state index < -0.39 is 5.97 Å². The number of esters is 1. The Morgan fingerprint density at radius 1 is 1.56 bits per heavy atom. The van der Waals surface area contributed by atoms with Gasteiger partial charge in [-0.25, -0.2) is 4.79 Å². The molecule has 4 heteroatoms. The Hall–Kier alpha value is -1.55. The van der Waals surface area contributed by atoms with Crippen LogP contribution < -0.4 is 5.32 Å². The number of furan rings is 1. The molecule has 16 heavy (non-hydrogen) atoms. The van der Waals surface area contributed by atoms with E-state index in [1.54, 1.807) is 12.1 Å². The lowest BCUT2D eigenvalue weighted by Gasteiger charge is -2.02. The van der Waals surface area contributed by atoms with E-state index in [0.29, 0.717) is 11.8 Å². The quantitative estimate of drug-likeness (QED) is 0.776. The van der Waals surface area contributed by atoms with Crippen LogP contribution in [0.3, 0.4) is 0 Å². The van der Waals surface area contributed by atoms with Crippen LogP contribution in [0.4, 0.5) is 0 Å². The van der Waals surface area contributed by atoms with Crippen molar-refractivity contribution in [1.82, 2.24) is 5.32 Å². The van der Waals surface area contributed by atoms with E-state index in [1.807, 2.05) is 12.2 Å². The van der Waals surface area contributed by atoms with Crippen LogP contribution in [0.5, 0.6) is 0 Å². The zero-order chi connectivity index (χ0) is 12.0. The highest BCUT2D eigenvalue weighted by molar-refractivity contribution is 5.86. The molecule has 1 N–H and O–H groups in total. The Labute approximate surface area is 95.3 Å².